The quantitative estimate of drug-likeness (QED) is 0.730. The molecule has 1 atom stereocenters. The van der Waals surface area contributed by atoms with Gasteiger partial charge in [-0.2, -0.15) is 0 Å². The van der Waals surface area contributed by atoms with Gasteiger partial charge in [-0.05, 0) is 56.4 Å². The Morgan fingerprint density at radius 1 is 1.30 bits per heavy atom. The van der Waals surface area contributed by atoms with Crippen LogP contribution >= 0.6 is 0 Å². The molecule has 1 aliphatic carbocycles. The number of ether oxygens (including phenoxy) is 2. The van der Waals surface area contributed by atoms with Crippen molar-refractivity contribution in [2.24, 2.45) is 5.92 Å². The molecule has 1 aliphatic rings. The van der Waals surface area contributed by atoms with Gasteiger partial charge in [0.05, 0.1) is 0 Å². The first-order chi connectivity index (χ1) is 11.0. The molecule has 6 heteroatoms. The third-order valence-corrected chi connectivity index (χ3v) is 3.89. The minimum Gasteiger partial charge on any atom is -0.482 e. The van der Waals surface area contributed by atoms with Crippen molar-refractivity contribution in [3.05, 3.63) is 24.3 Å². The van der Waals surface area contributed by atoms with Crippen LogP contribution in [0.25, 0.3) is 0 Å². The van der Waals surface area contributed by atoms with Gasteiger partial charge in [0.25, 0.3) is 5.91 Å². The molecule has 0 aromatic heterocycles. The highest BCUT2D eigenvalue weighted by atomic mass is 16.5. The normalized spacial score (nSPS) is 16.4. The number of amides is 1. The third-order valence-electron chi connectivity index (χ3n) is 3.89. The number of hydrogen-bond donors (Lipinski definition) is 2. The first kappa shape index (κ1) is 17.3. The summed E-state index contributed by atoms with van der Waals surface area (Å²) in [6.07, 6.45) is 2.89. The van der Waals surface area contributed by atoms with Crippen LogP contribution in [0.1, 0.15) is 33.1 Å². The summed E-state index contributed by atoms with van der Waals surface area (Å²) in [6.45, 7) is 4.03. The van der Waals surface area contributed by atoms with Gasteiger partial charge in [0.2, 0.25) is 0 Å². The molecule has 0 radical (unpaired) electrons. The maximum Gasteiger partial charge on any atom is 0.341 e. The first-order valence-corrected chi connectivity index (χ1v) is 7.85. The second-order valence-electron chi connectivity index (χ2n) is 5.89. The van der Waals surface area contributed by atoms with Crippen molar-refractivity contribution in [3.63, 3.8) is 0 Å². The van der Waals surface area contributed by atoms with E-state index in [-0.39, 0.29) is 11.8 Å². The average molecular weight is 321 g/mol. The van der Waals surface area contributed by atoms with Gasteiger partial charge in [0.15, 0.2) is 6.61 Å². The number of aliphatic carboxylic acids is 1. The van der Waals surface area contributed by atoms with Crippen LogP contribution in [0.3, 0.4) is 0 Å². The highest BCUT2D eigenvalue weighted by Gasteiger charge is 2.48. The lowest BCUT2D eigenvalue weighted by Crippen LogP contribution is -2.45. The first-order valence-electron chi connectivity index (χ1n) is 7.85. The van der Waals surface area contributed by atoms with Crippen molar-refractivity contribution in [1.82, 2.24) is 0 Å². The summed E-state index contributed by atoms with van der Waals surface area (Å²) >= 11 is 0. The van der Waals surface area contributed by atoms with Crippen molar-refractivity contribution in [1.29, 1.82) is 0 Å². The molecule has 1 amide bonds. The van der Waals surface area contributed by atoms with Gasteiger partial charge in [0, 0.05) is 12.3 Å². The number of carboxylic acid groups (broad SMARTS) is 1. The van der Waals surface area contributed by atoms with E-state index in [1.54, 1.807) is 24.3 Å². The molecule has 0 aliphatic heterocycles. The molecule has 0 heterocycles. The van der Waals surface area contributed by atoms with Crippen LogP contribution in [0.2, 0.25) is 0 Å². The van der Waals surface area contributed by atoms with Crippen molar-refractivity contribution in [2.45, 2.75) is 38.7 Å². The molecule has 0 spiro atoms. The van der Waals surface area contributed by atoms with Gasteiger partial charge in [-0.15, -0.1) is 0 Å². The predicted octanol–water partition coefficient (Wildman–Crippen LogP) is 2.68. The smallest absolute Gasteiger partial charge is 0.341 e. The summed E-state index contributed by atoms with van der Waals surface area (Å²) in [5, 5.41) is 11.4. The van der Waals surface area contributed by atoms with E-state index in [0.717, 1.165) is 19.3 Å². The lowest BCUT2D eigenvalue weighted by atomic mass is 9.98. The van der Waals surface area contributed by atoms with E-state index in [4.69, 9.17) is 14.6 Å². The summed E-state index contributed by atoms with van der Waals surface area (Å²) in [4.78, 5) is 23.0. The van der Waals surface area contributed by atoms with Crippen LogP contribution in [-0.4, -0.2) is 35.8 Å². The Bertz CT molecular complexity index is 553. The number of rotatable bonds is 9. The van der Waals surface area contributed by atoms with Crippen LogP contribution in [0.5, 0.6) is 5.75 Å². The number of carboxylic acids is 1. The summed E-state index contributed by atoms with van der Waals surface area (Å²) in [5.41, 5.74) is -0.168. The van der Waals surface area contributed by atoms with Crippen LogP contribution < -0.4 is 10.1 Å². The molecule has 1 aromatic rings. The largest absolute Gasteiger partial charge is 0.482 e. The van der Waals surface area contributed by atoms with E-state index in [0.29, 0.717) is 18.0 Å². The molecule has 1 aromatic carbocycles. The maximum absolute atomic E-state index is 12.6. The summed E-state index contributed by atoms with van der Waals surface area (Å²) in [6, 6.07) is 6.62. The summed E-state index contributed by atoms with van der Waals surface area (Å²) in [7, 11) is 0. The Morgan fingerprint density at radius 3 is 2.48 bits per heavy atom. The molecule has 2 N–H and O–H groups in total. The van der Waals surface area contributed by atoms with Crippen LogP contribution in [0.4, 0.5) is 5.69 Å². The van der Waals surface area contributed by atoms with Gasteiger partial charge in [-0.3, -0.25) is 4.79 Å². The molecular weight excluding hydrogens is 298 g/mol. The highest BCUT2D eigenvalue weighted by molar-refractivity contribution is 5.97. The molecule has 0 bridgehead atoms. The maximum atomic E-state index is 12.6. The fraction of sp³-hybridized carbons (Fsp3) is 0.529. The van der Waals surface area contributed by atoms with Crippen molar-refractivity contribution < 1.29 is 24.2 Å². The zero-order valence-electron chi connectivity index (χ0n) is 13.5. The molecule has 0 unspecified atom stereocenters. The lowest BCUT2D eigenvalue weighted by Gasteiger charge is -2.28. The Morgan fingerprint density at radius 2 is 1.96 bits per heavy atom. The molecule has 1 saturated carbocycles. The second-order valence-corrected chi connectivity index (χ2v) is 5.89. The fourth-order valence-electron chi connectivity index (χ4n) is 2.35. The monoisotopic (exact) mass is 321 g/mol. The van der Waals surface area contributed by atoms with Crippen molar-refractivity contribution in [3.8, 4) is 5.75 Å². The molecular formula is C17H23NO5. The van der Waals surface area contributed by atoms with E-state index in [9.17, 15) is 9.59 Å². The number of benzene rings is 1. The summed E-state index contributed by atoms with van der Waals surface area (Å²) < 4.78 is 10.9. The number of carbonyl (C=O) groups excluding carboxylic acids is 1. The minimum absolute atomic E-state index is 0.146. The average Bonchev–Trinajstić information content (AvgIpc) is 3.37. The molecule has 2 rings (SSSR count). The van der Waals surface area contributed by atoms with E-state index >= 15 is 0 Å². The Kier molecular flexibility index (Phi) is 5.60. The highest BCUT2D eigenvalue weighted by Crippen LogP contribution is 2.42. The Labute approximate surface area is 135 Å². The molecule has 23 heavy (non-hydrogen) atoms. The SMILES string of the molecule is CCCO[C@](C)(C(=O)Nc1ccc(OCC(=O)O)cc1)C1CC1. The van der Waals surface area contributed by atoms with Crippen LogP contribution in [0, 0.1) is 5.92 Å². The number of anilines is 1. The number of hydrogen-bond acceptors (Lipinski definition) is 4. The summed E-state index contributed by atoms with van der Waals surface area (Å²) in [5.74, 6) is -0.465. The van der Waals surface area contributed by atoms with Gasteiger partial charge < -0.3 is 19.9 Å². The zero-order valence-corrected chi connectivity index (χ0v) is 13.5. The van der Waals surface area contributed by atoms with Gasteiger partial charge in [-0.25, -0.2) is 4.79 Å². The number of carbonyl (C=O) groups is 2. The van der Waals surface area contributed by atoms with Crippen molar-refractivity contribution >= 4 is 17.6 Å². The minimum atomic E-state index is -1.03. The van der Waals surface area contributed by atoms with E-state index < -0.39 is 18.2 Å². The van der Waals surface area contributed by atoms with Gasteiger partial charge >= 0.3 is 5.97 Å². The molecule has 126 valence electrons. The second kappa shape index (κ2) is 7.46. The lowest BCUT2D eigenvalue weighted by molar-refractivity contribution is -0.142. The van der Waals surface area contributed by atoms with Crippen LogP contribution in [0.15, 0.2) is 24.3 Å². The standard InChI is InChI=1S/C17H23NO5/c1-3-10-23-17(2,12-4-5-12)16(21)18-13-6-8-14(9-7-13)22-11-15(19)20/h6-9,12H,3-5,10-11H2,1-2H3,(H,18,21)(H,19,20)/t17-/m0/s1. The van der Waals surface area contributed by atoms with Crippen molar-refractivity contribution in [2.75, 3.05) is 18.5 Å². The number of nitrogens with one attached hydrogen (secondary N) is 1. The van der Waals surface area contributed by atoms with E-state index in [2.05, 4.69) is 5.32 Å². The Hall–Kier alpha value is -2.08. The molecule has 6 nitrogen and oxygen atoms in total. The third kappa shape index (κ3) is 4.69. The molecule has 0 saturated heterocycles. The topological polar surface area (TPSA) is 84.9 Å². The fourth-order valence-corrected chi connectivity index (χ4v) is 2.35. The predicted molar refractivity (Wildman–Crippen MR) is 85.6 cm³/mol. The molecule has 1 fully saturated rings. The van der Waals surface area contributed by atoms with Gasteiger partial charge in [-0.1, -0.05) is 6.92 Å². The zero-order chi connectivity index (χ0) is 16.9. The Balaban J connectivity index is 1.96. The van der Waals surface area contributed by atoms with Gasteiger partial charge in [0.1, 0.15) is 11.4 Å². The van der Waals surface area contributed by atoms with Crippen LogP contribution in [-0.2, 0) is 14.3 Å². The van der Waals surface area contributed by atoms with E-state index in [1.807, 2.05) is 13.8 Å². The van der Waals surface area contributed by atoms with E-state index in [1.165, 1.54) is 0 Å².